The van der Waals surface area contributed by atoms with Gasteiger partial charge in [-0.25, -0.2) is 8.42 Å². The summed E-state index contributed by atoms with van der Waals surface area (Å²) in [5, 5.41) is 7.31. The summed E-state index contributed by atoms with van der Waals surface area (Å²) in [7, 11) is -0.490. The van der Waals surface area contributed by atoms with Crippen LogP contribution in [0.2, 0.25) is 0 Å². The Balaban J connectivity index is 1.67. The SMILES string of the molecule is COc1ccccc1NC(=O)[C@H]1CN(S(=O)(=O)c2ccc(C)cc2)Cc2cn(C)nc21. The molecule has 1 aliphatic heterocycles. The monoisotopic (exact) mass is 440 g/mol. The van der Waals surface area contributed by atoms with Crippen molar-refractivity contribution in [2.45, 2.75) is 24.3 Å². The van der Waals surface area contributed by atoms with Crippen LogP contribution in [0, 0.1) is 6.92 Å². The number of nitrogens with one attached hydrogen (secondary N) is 1. The standard InChI is InChI=1S/C22H24N4O4S/c1-15-8-10-17(11-9-15)31(28,29)26-13-16-12-25(2)24-21(16)18(14-26)22(27)23-19-6-4-5-7-20(19)30-3/h4-12,18H,13-14H2,1-3H3,(H,23,27)/t18-/m0/s1. The van der Waals surface area contributed by atoms with Crippen LogP contribution in [0.5, 0.6) is 5.75 Å². The Hall–Kier alpha value is -3.17. The first-order valence-corrected chi connectivity index (χ1v) is 11.3. The summed E-state index contributed by atoms with van der Waals surface area (Å²) >= 11 is 0. The van der Waals surface area contributed by atoms with Gasteiger partial charge in [0.25, 0.3) is 0 Å². The summed E-state index contributed by atoms with van der Waals surface area (Å²) < 4.78 is 34.8. The first kappa shape index (κ1) is 21.1. The highest BCUT2D eigenvalue weighted by Gasteiger charge is 2.38. The second-order valence-corrected chi connectivity index (χ2v) is 9.50. The zero-order valence-corrected chi connectivity index (χ0v) is 18.4. The maximum atomic E-state index is 13.3. The number of ether oxygens (including phenoxy) is 1. The number of nitrogens with zero attached hydrogens (tertiary/aromatic N) is 3. The smallest absolute Gasteiger partial charge is 0.243 e. The number of aromatic nitrogens is 2. The molecule has 1 aromatic heterocycles. The van der Waals surface area contributed by atoms with Gasteiger partial charge in [-0.05, 0) is 31.2 Å². The predicted molar refractivity (Wildman–Crippen MR) is 116 cm³/mol. The van der Waals surface area contributed by atoms with E-state index in [9.17, 15) is 13.2 Å². The Morgan fingerprint density at radius 2 is 1.87 bits per heavy atom. The first-order valence-electron chi connectivity index (χ1n) is 9.82. The third-order valence-corrected chi connectivity index (χ3v) is 7.17. The van der Waals surface area contributed by atoms with Crippen molar-refractivity contribution in [2.75, 3.05) is 19.0 Å². The summed E-state index contributed by atoms with van der Waals surface area (Å²) in [5.74, 6) is -0.569. The maximum Gasteiger partial charge on any atom is 0.243 e. The fraction of sp³-hybridized carbons (Fsp3) is 0.273. The van der Waals surface area contributed by atoms with Crippen LogP contribution in [0.4, 0.5) is 5.69 Å². The lowest BCUT2D eigenvalue weighted by Gasteiger charge is -2.30. The molecule has 162 valence electrons. The van der Waals surface area contributed by atoms with E-state index in [1.54, 1.807) is 60.4 Å². The number of anilines is 1. The van der Waals surface area contributed by atoms with Gasteiger partial charge in [0.05, 0.1) is 29.3 Å². The second kappa shape index (κ2) is 8.16. The largest absolute Gasteiger partial charge is 0.495 e. The minimum Gasteiger partial charge on any atom is -0.495 e. The van der Waals surface area contributed by atoms with E-state index in [1.165, 1.54) is 11.4 Å². The van der Waals surface area contributed by atoms with Crippen LogP contribution in [-0.4, -0.2) is 42.1 Å². The number of aryl methyl sites for hydroxylation is 2. The summed E-state index contributed by atoms with van der Waals surface area (Å²) in [6.07, 6.45) is 1.76. The molecule has 9 heteroatoms. The highest BCUT2D eigenvalue weighted by molar-refractivity contribution is 7.89. The van der Waals surface area contributed by atoms with Crippen LogP contribution in [0.15, 0.2) is 59.6 Å². The molecule has 0 radical (unpaired) electrons. The molecule has 0 unspecified atom stereocenters. The highest BCUT2D eigenvalue weighted by Crippen LogP contribution is 2.33. The Labute approximate surface area is 181 Å². The molecule has 0 bridgehead atoms. The van der Waals surface area contributed by atoms with E-state index in [2.05, 4.69) is 10.4 Å². The fourth-order valence-corrected chi connectivity index (χ4v) is 5.16. The number of hydrogen-bond acceptors (Lipinski definition) is 5. The Bertz CT molecular complexity index is 1220. The molecule has 0 saturated heterocycles. The Morgan fingerprint density at radius 3 is 2.58 bits per heavy atom. The van der Waals surface area contributed by atoms with Crippen molar-refractivity contribution in [3.05, 3.63) is 71.5 Å². The molecule has 1 aliphatic rings. The number of fused-ring (bicyclic) bond motifs is 1. The molecule has 1 atom stereocenters. The number of hydrogen-bond donors (Lipinski definition) is 1. The van der Waals surface area contributed by atoms with E-state index in [0.717, 1.165) is 5.56 Å². The lowest BCUT2D eigenvalue weighted by molar-refractivity contribution is -0.118. The van der Waals surface area contributed by atoms with E-state index in [0.29, 0.717) is 22.7 Å². The third-order valence-electron chi connectivity index (χ3n) is 5.34. The molecule has 2 aromatic carbocycles. The van der Waals surface area contributed by atoms with E-state index >= 15 is 0 Å². The number of amides is 1. The van der Waals surface area contributed by atoms with Gasteiger partial charge in [0.2, 0.25) is 15.9 Å². The van der Waals surface area contributed by atoms with Crippen molar-refractivity contribution in [1.29, 1.82) is 0 Å². The number of rotatable bonds is 5. The molecule has 8 nitrogen and oxygen atoms in total. The van der Waals surface area contributed by atoms with Gasteiger partial charge in [-0.3, -0.25) is 9.48 Å². The summed E-state index contributed by atoms with van der Waals surface area (Å²) in [5.41, 5.74) is 2.79. The summed E-state index contributed by atoms with van der Waals surface area (Å²) in [4.78, 5) is 13.4. The van der Waals surface area contributed by atoms with Gasteiger partial charge in [0, 0.05) is 31.9 Å². The second-order valence-electron chi connectivity index (χ2n) is 7.57. The first-order chi connectivity index (χ1) is 14.8. The molecule has 0 fully saturated rings. The number of para-hydroxylation sites is 2. The number of carbonyl (C=O) groups excluding carboxylic acids is 1. The number of methoxy groups -OCH3 is 1. The van der Waals surface area contributed by atoms with Gasteiger partial charge in [0.1, 0.15) is 5.75 Å². The number of benzene rings is 2. The van der Waals surface area contributed by atoms with E-state index in [1.807, 2.05) is 13.0 Å². The molecule has 0 saturated carbocycles. The number of carbonyl (C=O) groups is 1. The van der Waals surface area contributed by atoms with E-state index in [-0.39, 0.29) is 23.9 Å². The third kappa shape index (κ3) is 4.06. The molecule has 3 aromatic rings. The number of sulfonamides is 1. The molecule has 1 N–H and O–H groups in total. The van der Waals surface area contributed by atoms with Crippen LogP contribution < -0.4 is 10.1 Å². The van der Waals surface area contributed by atoms with Crippen molar-refractivity contribution in [3.63, 3.8) is 0 Å². The summed E-state index contributed by atoms with van der Waals surface area (Å²) in [6, 6.07) is 13.8. The molecule has 31 heavy (non-hydrogen) atoms. The average Bonchev–Trinajstić information content (AvgIpc) is 3.13. The van der Waals surface area contributed by atoms with Crippen molar-refractivity contribution in [3.8, 4) is 5.75 Å². The van der Waals surface area contributed by atoms with Crippen molar-refractivity contribution < 1.29 is 17.9 Å². The fourth-order valence-electron chi connectivity index (χ4n) is 3.73. The highest BCUT2D eigenvalue weighted by atomic mass is 32.2. The minimum atomic E-state index is -3.77. The van der Waals surface area contributed by atoms with Crippen LogP contribution >= 0.6 is 0 Å². The van der Waals surface area contributed by atoms with Crippen LogP contribution in [0.1, 0.15) is 22.7 Å². The maximum absolute atomic E-state index is 13.3. The lowest BCUT2D eigenvalue weighted by Crippen LogP contribution is -2.41. The zero-order chi connectivity index (χ0) is 22.2. The van der Waals surface area contributed by atoms with Gasteiger partial charge >= 0.3 is 0 Å². The minimum absolute atomic E-state index is 0.00120. The van der Waals surface area contributed by atoms with Gasteiger partial charge in [-0.15, -0.1) is 0 Å². The molecule has 4 rings (SSSR count). The topological polar surface area (TPSA) is 93.5 Å². The molecular weight excluding hydrogens is 416 g/mol. The van der Waals surface area contributed by atoms with Crippen LogP contribution in [-0.2, 0) is 28.4 Å². The molecule has 0 spiro atoms. The Morgan fingerprint density at radius 1 is 1.16 bits per heavy atom. The molecule has 2 heterocycles. The summed E-state index contributed by atoms with van der Waals surface area (Å²) in [6.45, 7) is 2.07. The van der Waals surface area contributed by atoms with Crippen molar-refractivity contribution >= 4 is 21.6 Å². The quantitative estimate of drug-likeness (QED) is 0.658. The molecule has 1 amide bonds. The van der Waals surface area contributed by atoms with Gasteiger partial charge < -0.3 is 10.1 Å². The molecular formula is C22H24N4O4S. The van der Waals surface area contributed by atoms with Gasteiger partial charge in [-0.1, -0.05) is 29.8 Å². The van der Waals surface area contributed by atoms with Gasteiger partial charge in [0.15, 0.2) is 0 Å². The van der Waals surface area contributed by atoms with E-state index < -0.39 is 15.9 Å². The van der Waals surface area contributed by atoms with Gasteiger partial charge in [-0.2, -0.15) is 9.40 Å². The Kier molecular flexibility index (Phi) is 5.55. The van der Waals surface area contributed by atoms with E-state index in [4.69, 9.17) is 4.74 Å². The zero-order valence-electron chi connectivity index (χ0n) is 17.6. The lowest BCUT2D eigenvalue weighted by atomic mass is 9.97. The van der Waals surface area contributed by atoms with Crippen molar-refractivity contribution in [2.24, 2.45) is 7.05 Å². The average molecular weight is 441 g/mol. The predicted octanol–water partition coefficient (Wildman–Crippen LogP) is 2.66. The van der Waals surface area contributed by atoms with Crippen molar-refractivity contribution in [1.82, 2.24) is 14.1 Å². The normalized spacial score (nSPS) is 16.5. The van der Waals surface area contributed by atoms with Crippen LogP contribution in [0.25, 0.3) is 0 Å². The van der Waals surface area contributed by atoms with Crippen LogP contribution in [0.3, 0.4) is 0 Å². The molecule has 0 aliphatic carbocycles.